The summed E-state index contributed by atoms with van der Waals surface area (Å²) in [6.45, 7) is 1.87. The molecule has 0 saturated carbocycles. The van der Waals surface area contributed by atoms with Gasteiger partial charge in [-0.05, 0) is 24.8 Å². The zero-order chi connectivity index (χ0) is 10.7. The van der Waals surface area contributed by atoms with E-state index in [1.165, 1.54) is 7.11 Å². The first-order valence-corrected chi connectivity index (χ1v) is 5.35. The van der Waals surface area contributed by atoms with Crippen molar-refractivity contribution in [2.24, 2.45) is 0 Å². The van der Waals surface area contributed by atoms with Gasteiger partial charge in [-0.3, -0.25) is 4.79 Å². The van der Waals surface area contributed by atoms with Gasteiger partial charge in [0.15, 0.2) is 0 Å². The van der Waals surface area contributed by atoms with Gasteiger partial charge < -0.3 is 10.5 Å². The highest BCUT2D eigenvalue weighted by Gasteiger charge is 2.12. The van der Waals surface area contributed by atoms with Crippen LogP contribution in [0.3, 0.4) is 0 Å². The molecule has 0 spiro atoms. The molecule has 76 valence electrons. The monoisotopic (exact) mass is 211 g/mol. The molecule has 1 rings (SSSR count). The van der Waals surface area contributed by atoms with Crippen LogP contribution in [0, 0.1) is 6.92 Å². The second-order valence-electron chi connectivity index (χ2n) is 2.90. The van der Waals surface area contributed by atoms with E-state index in [4.69, 9.17) is 10.5 Å². The molecule has 3 nitrogen and oxygen atoms in total. The summed E-state index contributed by atoms with van der Waals surface area (Å²) >= 11 is 1.16. The summed E-state index contributed by atoms with van der Waals surface area (Å²) in [7, 11) is 1.53. The minimum atomic E-state index is -0.00931. The van der Waals surface area contributed by atoms with Gasteiger partial charge in [0.1, 0.15) is 5.75 Å². The summed E-state index contributed by atoms with van der Waals surface area (Å²) in [5.74, 6) is 0.535. The van der Waals surface area contributed by atoms with E-state index in [1.807, 2.05) is 6.92 Å². The number of carbonyl (C=O) groups excluding carboxylic acids is 1. The van der Waals surface area contributed by atoms with E-state index < -0.39 is 0 Å². The molecule has 0 aliphatic heterocycles. The summed E-state index contributed by atoms with van der Waals surface area (Å²) in [6.07, 6.45) is 1.74. The van der Waals surface area contributed by atoms with E-state index in [9.17, 15) is 4.79 Å². The van der Waals surface area contributed by atoms with Crippen molar-refractivity contribution in [3.63, 3.8) is 0 Å². The summed E-state index contributed by atoms with van der Waals surface area (Å²) in [5.41, 5.74) is 7.81. The van der Waals surface area contributed by atoms with Crippen LogP contribution < -0.4 is 10.5 Å². The predicted molar refractivity (Wildman–Crippen MR) is 60.0 cm³/mol. The van der Waals surface area contributed by atoms with Crippen LogP contribution in [0.5, 0.6) is 5.75 Å². The zero-order valence-electron chi connectivity index (χ0n) is 8.46. The van der Waals surface area contributed by atoms with Crippen molar-refractivity contribution < 1.29 is 9.53 Å². The van der Waals surface area contributed by atoms with Gasteiger partial charge in [-0.2, -0.15) is 0 Å². The van der Waals surface area contributed by atoms with Crippen molar-refractivity contribution in [1.82, 2.24) is 0 Å². The van der Waals surface area contributed by atoms with Crippen molar-refractivity contribution in [3.05, 3.63) is 23.3 Å². The maximum atomic E-state index is 11.5. The molecule has 0 aliphatic rings. The number of methoxy groups -OCH3 is 1. The summed E-state index contributed by atoms with van der Waals surface area (Å²) in [4.78, 5) is 11.5. The number of nitrogens with two attached hydrogens (primary N) is 1. The fourth-order valence-electron chi connectivity index (χ4n) is 1.14. The van der Waals surface area contributed by atoms with Crippen molar-refractivity contribution in [2.45, 2.75) is 6.92 Å². The van der Waals surface area contributed by atoms with Gasteiger partial charge in [0.2, 0.25) is 5.12 Å². The van der Waals surface area contributed by atoms with Crippen LogP contribution in [-0.4, -0.2) is 18.5 Å². The third kappa shape index (κ3) is 2.01. The number of benzene rings is 1. The highest BCUT2D eigenvalue weighted by molar-refractivity contribution is 8.13. The van der Waals surface area contributed by atoms with E-state index in [0.717, 1.165) is 17.3 Å². The molecule has 0 unspecified atom stereocenters. The molecule has 0 heterocycles. The minimum Gasteiger partial charge on any atom is -0.496 e. The SMILES string of the molecule is COc1cc(N)c(C)cc1C(=O)SC. The molecule has 0 atom stereocenters. The van der Waals surface area contributed by atoms with Gasteiger partial charge in [-0.25, -0.2) is 0 Å². The molecule has 14 heavy (non-hydrogen) atoms. The van der Waals surface area contributed by atoms with Gasteiger partial charge in [0, 0.05) is 11.8 Å². The predicted octanol–water partition coefficient (Wildman–Crippen LogP) is 2.09. The maximum Gasteiger partial charge on any atom is 0.222 e. The number of thioether (sulfide) groups is 1. The Kier molecular flexibility index (Phi) is 3.41. The Morgan fingerprint density at radius 1 is 1.50 bits per heavy atom. The Bertz CT molecular complexity index is 363. The standard InChI is InChI=1S/C10H13NO2S/c1-6-4-7(10(12)14-3)9(13-2)5-8(6)11/h4-5H,11H2,1-3H3. The lowest BCUT2D eigenvalue weighted by molar-refractivity contribution is 0.108. The molecule has 0 aromatic heterocycles. The Morgan fingerprint density at radius 3 is 2.64 bits per heavy atom. The molecule has 1 aromatic carbocycles. The Hall–Kier alpha value is -1.16. The zero-order valence-corrected chi connectivity index (χ0v) is 9.27. The van der Waals surface area contributed by atoms with E-state index in [0.29, 0.717) is 17.0 Å². The lowest BCUT2D eigenvalue weighted by atomic mass is 10.1. The topological polar surface area (TPSA) is 52.3 Å². The van der Waals surface area contributed by atoms with Crippen LogP contribution in [0.2, 0.25) is 0 Å². The van der Waals surface area contributed by atoms with E-state index in [2.05, 4.69) is 0 Å². The van der Waals surface area contributed by atoms with Crippen LogP contribution >= 0.6 is 11.8 Å². The first kappa shape index (κ1) is 10.9. The third-order valence-electron chi connectivity index (χ3n) is 1.99. The Morgan fingerprint density at radius 2 is 2.14 bits per heavy atom. The van der Waals surface area contributed by atoms with Crippen LogP contribution in [-0.2, 0) is 0 Å². The number of hydrogen-bond donors (Lipinski definition) is 1. The average molecular weight is 211 g/mol. The molecule has 0 fully saturated rings. The van der Waals surface area contributed by atoms with E-state index in [1.54, 1.807) is 18.4 Å². The number of aryl methyl sites for hydroxylation is 1. The third-order valence-corrected chi connectivity index (χ3v) is 2.58. The Labute approximate surface area is 87.6 Å². The second kappa shape index (κ2) is 4.37. The van der Waals surface area contributed by atoms with Gasteiger partial charge in [0.05, 0.1) is 12.7 Å². The molecular formula is C10H13NO2S. The normalized spacial score (nSPS) is 9.93. The van der Waals surface area contributed by atoms with E-state index >= 15 is 0 Å². The summed E-state index contributed by atoms with van der Waals surface area (Å²) in [5, 5.41) is -0.00931. The molecular weight excluding hydrogens is 198 g/mol. The van der Waals surface area contributed by atoms with Crippen molar-refractivity contribution in [1.29, 1.82) is 0 Å². The average Bonchev–Trinajstić information content (AvgIpc) is 2.20. The Balaban J connectivity index is 3.27. The van der Waals surface area contributed by atoms with Gasteiger partial charge in [0.25, 0.3) is 0 Å². The fourth-order valence-corrected chi connectivity index (χ4v) is 1.52. The van der Waals surface area contributed by atoms with Crippen LogP contribution in [0.1, 0.15) is 15.9 Å². The van der Waals surface area contributed by atoms with Crippen LogP contribution in [0.25, 0.3) is 0 Å². The lowest BCUT2D eigenvalue weighted by Crippen LogP contribution is -2.01. The number of rotatable bonds is 2. The highest BCUT2D eigenvalue weighted by atomic mass is 32.2. The fraction of sp³-hybridized carbons (Fsp3) is 0.300. The molecule has 0 aliphatic carbocycles. The number of carbonyl (C=O) groups is 1. The number of anilines is 1. The number of ether oxygens (including phenoxy) is 1. The molecule has 0 radical (unpaired) electrons. The van der Waals surface area contributed by atoms with Crippen LogP contribution in [0.4, 0.5) is 5.69 Å². The first-order chi connectivity index (χ1) is 6.60. The molecule has 4 heteroatoms. The molecule has 1 aromatic rings. The van der Waals surface area contributed by atoms with Gasteiger partial charge in [-0.15, -0.1) is 0 Å². The number of nitrogen functional groups attached to an aromatic ring is 1. The first-order valence-electron chi connectivity index (χ1n) is 4.12. The van der Waals surface area contributed by atoms with Crippen molar-refractivity contribution in [3.8, 4) is 5.75 Å². The molecule has 0 saturated heterocycles. The van der Waals surface area contributed by atoms with Crippen molar-refractivity contribution >= 4 is 22.6 Å². The smallest absolute Gasteiger partial charge is 0.222 e. The molecule has 0 amide bonds. The van der Waals surface area contributed by atoms with Crippen molar-refractivity contribution in [2.75, 3.05) is 19.1 Å². The summed E-state index contributed by atoms with van der Waals surface area (Å²) in [6, 6.07) is 3.44. The van der Waals surface area contributed by atoms with Gasteiger partial charge in [-0.1, -0.05) is 11.8 Å². The van der Waals surface area contributed by atoms with E-state index in [-0.39, 0.29) is 5.12 Å². The van der Waals surface area contributed by atoms with Crippen LogP contribution in [0.15, 0.2) is 12.1 Å². The molecule has 0 bridgehead atoms. The lowest BCUT2D eigenvalue weighted by Gasteiger charge is -2.09. The molecule has 2 N–H and O–H groups in total. The largest absolute Gasteiger partial charge is 0.496 e. The number of hydrogen-bond acceptors (Lipinski definition) is 4. The second-order valence-corrected chi connectivity index (χ2v) is 3.68. The minimum absolute atomic E-state index is 0.00931. The van der Waals surface area contributed by atoms with Gasteiger partial charge >= 0.3 is 0 Å². The quantitative estimate of drug-likeness (QED) is 0.761. The highest BCUT2D eigenvalue weighted by Crippen LogP contribution is 2.27. The summed E-state index contributed by atoms with van der Waals surface area (Å²) < 4.78 is 5.09. The maximum absolute atomic E-state index is 11.5.